The molecule has 8 nitrogen and oxygen atoms in total. The van der Waals surface area contributed by atoms with Crippen LogP contribution in [-0.4, -0.2) is 57.9 Å². The highest BCUT2D eigenvalue weighted by Crippen LogP contribution is 2.34. The van der Waals surface area contributed by atoms with E-state index in [2.05, 4.69) is 24.6 Å². The third-order valence-electron chi connectivity index (χ3n) is 5.46. The second-order valence-electron chi connectivity index (χ2n) is 9.53. The first-order chi connectivity index (χ1) is 16.2. The maximum Gasteiger partial charge on any atom is 0.161 e. The number of hydrogen-bond donors (Lipinski definition) is 0. The molecule has 0 saturated heterocycles. The molecule has 4 aromatic rings. The predicted molar refractivity (Wildman–Crippen MR) is 133 cm³/mol. The molecule has 0 saturated carbocycles. The van der Waals surface area contributed by atoms with Gasteiger partial charge in [0.25, 0.3) is 0 Å². The van der Waals surface area contributed by atoms with Crippen LogP contribution in [0.3, 0.4) is 0 Å². The zero-order chi connectivity index (χ0) is 24.3. The fourth-order valence-electron chi connectivity index (χ4n) is 3.56. The van der Waals surface area contributed by atoms with Crippen LogP contribution in [-0.2, 0) is 22.7 Å². The van der Waals surface area contributed by atoms with Gasteiger partial charge < -0.3 is 9.47 Å². The summed E-state index contributed by atoms with van der Waals surface area (Å²) in [6, 6.07) is 8.08. The Morgan fingerprint density at radius 3 is 2.56 bits per heavy atom. The fraction of sp³-hybridized carbons (Fsp3) is 0.417. The van der Waals surface area contributed by atoms with E-state index in [-0.39, 0.29) is 0 Å². The zero-order valence-corrected chi connectivity index (χ0v) is 21.4. The molecule has 0 unspecified atom stereocenters. The highest BCUT2D eigenvalue weighted by molar-refractivity contribution is 6.76. The van der Waals surface area contributed by atoms with Crippen LogP contribution >= 0.6 is 0 Å². The number of hydrogen-bond acceptors (Lipinski definition) is 6. The molecular weight excluding hydrogens is 451 g/mol. The Morgan fingerprint density at radius 2 is 1.85 bits per heavy atom. The summed E-state index contributed by atoms with van der Waals surface area (Å²) in [4.78, 5) is 9.00. The van der Waals surface area contributed by atoms with E-state index in [0.29, 0.717) is 37.9 Å². The van der Waals surface area contributed by atoms with E-state index in [4.69, 9.17) is 24.7 Å². The normalized spacial score (nSPS) is 12.1. The van der Waals surface area contributed by atoms with Gasteiger partial charge in [-0.1, -0.05) is 19.6 Å². The van der Waals surface area contributed by atoms with Crippen LogP contribution < -0.4 is 0 Å². The van der Waals surface area contributed by atoms with Gasteiger partial charge >= 0.3 is 0 Å². The van der Waals surface area contributed by atoms with Crippen LogP contribution in [0.15, 0.2) is 36.7 Å². The lowest BCUT2D eigenvalue weighted by Crippen LogP contribution is -2.22. The number of rotatable bonds is 10. The molecular formula is C24H31FN6O2Si. The van der Waals surface area contributed by atoms with E-state index < -0.39 is 13.9 Å². The minimum Gasteiger partial charge on any atom is -0.383 e. The van der Waals surface area contributed by atoms with E-state index in [1.54, 1.807) is 22.5 Å². The van der Waals surface area contributed by atoms with Gasteiger partial charge in [0.1, 0.15) is 23.9 Å². The third-order valence-corrected chi connectivity index (χ3v) is 7.16. The Hall–Kier alpha value is -2.95. The van der Waals surface area contributed by atoms with Gasteiger partial charge in [0, 0.05) is 39.1 Å². The number of aryl methyl sites for hydroxylation is 1. The minimum absolute atomic E-state index is 0.319. The lowest BCUT2D eigenvalue weighted by atomic mass is 10.1. The summed E-state index contributed by atoms with van der Waals surface area (Å²) in [7, 11) is 0.463. The van der Waals surface area contributed by atoms with E-state index in [1.165, 1.54) is 12.3 Å². The summed E-state index contributed by atoms with van der Waals surface area (Å²) in [6.07, 6.45) is 3.12. The molecule has 0 spiro atoms. The molecule has 180 valence electrons. The molecule has 0 aliphatic heterocycles. The largest absolute Gasteiger partial charge is 0.383 e. The molecule has 0 aliphatic carbocycles. The molecule has 0 fully saturated rings. The molecule has 0 aliphatic rings. The Kier molecular flexibility index (Phi) is 7.20. The van der Waals surface area contributed by atoms with Crippen LogP contribution in [0.1, 0.15) is 5.69 Å². The highest BCUT2D eigenvalue weighted by atomic mass is 28.3. The van der Waals surface area contributed by atoms with Crippen molar-refractivity contribution in [1.29, 1.82) is 0 Å². The maximum absolute atomic E-state index is 13.5. The molecule has 0 amide bonds. The molecule has 4 aromatic heterocycles. The number of ether oxygens (including phenoxy) is 2. The summed E-state index contributed by atoms with van der Waals surface area (Å²) in [6.45, 7) is 11.0. The van der Waals surface area contributed by atoms with Gasteiger partial charge in [-0.3, -0.25) is 9.67 Å². The average molecular weight is 483 g/mol. The van der Waals surface area contributed by atoms with Crippen LogP contribution in [0, 0.1) is 12.7 Å². The van der Waals surface area contributed by atoms with Gasteiger partial charge in [-0.05, 0) is 37.2 Å². The van der Waals surface area contributed by atoms with Crippen LogP contribution in [0.5, 0.6) is 0 Å². The van der Waals surface area contributed by atoms with Gasteiger partial charge in [-0.15, -0.1) is 0 Å². The van der Waals surface area contributed by atoms with Crippen molar-refractivity contribution in [2.45, 2.75) is 45.9 Å². The van der Waals surface area contributed by atoms with Crippen molar-refractivity contribution in [3.63, 3.8) is 0 Å². The SMILES string of the molecule is COCCn1cc(-c2nn(COCC[Si](C)(C)C)c3nc(C)ccc23)c(-c2ccc(F)cn2)n1. The Morgan fingerprint density at radius 1 is 1.03 bits per heavy atom. The van der Waals surface area contributed by atoms with E-state index in [9.17, 15) is 4.39 Å². The average Bonchev–Trinajstić information content (AvgIpc) is 3.36. The second-order valence-corrected chi connectivity index (χ2v) is 15.2. The number of aromatic nitrogens is 6. The topological polar surface area (TPSA) is 79.9 Å². The summed E-state index contributed by atoms with van der Waals surface area (Å²) in [5.74, 6) is -0.394. The van der Waals surface area contributed by atoms with E-state index in [0.717, 1.165) is 34.0 Å². The van der Waals surface area contributed by atoms with Crippen LogP contribution in [0.4, 0.5) is 4.39 Å². The van der Waals surface area contributed by atoms with Crippen LogP contribution in [0.25, 0.3) is 33.7 Å². The molecule has 0 radical (unpaired) electrons. The zero-order valence-electron chi connectivity index (χ0n) is 20.4. The maximum atomic E-state index is 13.5. The van der Waals surface area contributed by atoms with E-state index in [1.807, 2.05) is 25.3 Å². The highest BCUT2D eigenvalue weighted by Gasteiger charge is 2.22. The van der Waals surface area contributed by atoms with Gasteiger partial charge in [0.15, 0.2) is 5.65 Å². The quantitative estimate of drug-likeness (QED) is 0.239. The van der Waals surface area contributed by atoms with Crippen LogP contribution in [0.2, 0.25) is 25.7 Å². The van der Waals surface area contributed by atoms with Crippen molar-refractivity contribution in [2.24, 2.45) is 0 Å². The molecule has 0 N–H and O–H groups in total. The Balaban J connectivity index is 1.76. The third kappa shape index (κ3) is 5.57. The first kappa shape index (κ1) is 24.2. The van der Waals surface area contributed by atoms with Crippen molar-refractivity contribution in [3.8, 4) is 22.6 Å². The monoisotopic (exact) mass is 482 g/mol. The Labute approximate surface area is 199 Å². The smallest absolute Gasteiger partial charge is 0.161 e. The van der Waals surface area contributed by atoms with Crippen molar-refractivity contribution < 1.29 is 13.9 Å². The fourth-order valence-corrected chi connectivity index (χ4v) is 4.32. The lowest BCUT2D eigenvalue weighted by Gasteiger charge is -2.15. The number of halogens is 1. The summed E-state index contributed by atoms with van der Waals surface area (Å²) in [5.41, 5.74) is 4.39. The summed E-state index contributed by atoms with van der Waals surface area (Å²) in [5, 5.41) is 10.5. The van der Waals surface area contributed by atoms with Crippen molar-refractivity contribution in [3.05, 3.63) is 48.2 Å². The predicted octanol–water partition coefficient (Wildman–Crippen LogP) is 4.76. The molecule has 0 bridgehead atoms. The summed E-state index contributed by atoms with van der Waals surface area (Å²) < 4.78 is 28.3. The molecule has 4 rings (SSSR count). The molecule has 0 aromatic carbocycles. The molecule has 0 atom stereocenters. The van der Waals surface area contributed by atoms with Gasteiger partial charge in [-0.2, -0.15) is 10.2 Å². The van der Waals surface area contributed by atoms with Crippen molar-refractivity contribution in [1.82, 2.24) is 29.5 Å². The second kappa shape index (κ2) is 10.1. The lowest BCUT2D eigenvalue weighted by molar-refractivity contribution is 0.0814. The molecule has 10 heteroatoms. The van der Waals surface area contributed by atoms with E-state index >= 15 is 0 Å². The van der Waals surface area contributed by atoms with Gasteiger partial charge in [0.05, 0.1) is 30.6 Å². The number of methoxy groups -OCH3 is 1. The van der Waals surface area contributed by atoms with Gasteiger partial charge in [-0.25, -0.2) is 14.1 Å². The van der Waals surface area contributed by atoms with Gasteiger partial charge in [0.2, 0.25) is 0 Å². The Bertz CT molecular complexity index is 1260. The molecule has 4 heterocycles. The first-order valence-corrected chi connectivity index (χ1v) is 15.1. The molecule has 34 heavy (non-hydrogen) atoms. The van der Waals surface area contributed by atoms with Crippen molar-refractivity contribution >= 4 is 19.1 Å². The number of nitrogens with zero attached hydrogens (tertiary/aromatic N) is 6. The standard InChI is InChI=1S/C24H31FN6O2Si/c1-17-6-8-19-22(29-31(24(19)27-17)16-33-12-13-34(3,4)5)20-15-30(10-11-32-2)28-23(20)21-9-7-18(25)14-26-21/h6-9,14-15H,10-13,16H2,1-5H3. The van der Waals surface area contributed by atoms with Crippen molar-refractivity contribution in [2.75, 3.05) is 20.3 Å². The number of fused-ring (bicyclic) bond motifs is 1. The summed E-state index contributed by atoms with van der Waals surface area (Å²) >= 11 is 0. The first-order valence-electron chi connectivity index (χ1n) is 11.4. The number of pyridine rings is 2. The minimum atomic E-state index is -1.19.